The zero-order chi connectivity index (χ0) is 15.1. The van der Waals surface area contributed by atoms with Crippen LogP contribution in [0.3, 0.4) is 0 Å². The fourth-order valence-corrected chi connectivity index (χ4v) is 2.40. The lowest BCUT2D eigenvalue weighted by Gasteiger charge is -2.00. The maximum absolute atomic E-state index is 11.9. The number of carbonyl (C=O) groups is 2. The van der Waals surface area contributed by atoms with Gasteiger partial charge in [-0.2, -0.15) is 0 Å². The maximum Gasteiger partial charge on any atom is 0.305 e. The fraction of sp³-hybridized carbons (Fsp3) is 0.286. The first kappa shape index (κ1) is 15.1. The second kappa shape index (κ2) is 7.49. The number of pyridine rings is 1. The average molecular weight is 305 g/mol. The zero-order valence-electron chi connectivity index (χ0n) is 11.5. The number of hydrogen-bond acceptors (Lipinski definition) is 6. The monoisotopic (exact) mass is 305 g/mol. The number of nitrogens with zero attached hydrogens (tertiary/aromatic N) is 2. The largest absolute Gasteiger partial charge is 0.469 e. The Morgan fingerprint density at radius 2 is 2.29 bits per heavy atom. The molecule has 7 heteroatoms. The molecule has 6 nitrogen and oxygen atoms in total. The van der Waals surface area contributed by atoms with E-state index in [9.17, 15) is 9.59 Å². The van der Waals surface area contributed by atoms with Gasteiger partial charge in [-0.25, -0.2) is 4.98 Å². The number of anilines is 1. The van der Waals surface area contributed by atoms with E-state index in [1.54, 1.807) is 18.3 Å². The van der Waals surface area contributed by atoms with Gasteiger partial charge in [0.25, 0.3) is 5.91 Å². The number of esters is 1. The standard InChI is InChI=1S/C14H15N3O3S/c1-20-12(18)6-2-5-11-9-21-14(16-11)17-13(19)10-4-3-7-15-8-10/h3-4,7-9H,2,5-6H2,1H3,(H,16,17,19). The van der Waals surface area contributed by atoms with Gasteiger partial charge >= 0.3 is 5.97 Å². The van der Waals surface area contributed by atoms with E-state index < -0.39 is 0 Å². The molecule has 2 aromatic rings. The third-order valence-electron chi connectivity index (χ3n) is 2.74. The van der Waals surface area contributed by atoms with Crippen LogP contribution in [0.2, 0.25) is 0 Å². The molecule has 110 valence electrons. The molecule has 0 radical (unpaired) electrons. The Labute approximate surface area is 126 Å². The van der Waals surface area contributed by atoms with Crippen LogP contribution < -0.4 is 5.32 Å². The molecule has 1 N–H and O–H groups in total. The predicted octanol–water partition coefficient (Wildman–Crippen LogP) is 2.29. The average Bonchev–Trinajstić information content (AvgIpc) is 2.95. The highest BCUT2D eigenvalue weighted by molar-refractivity contribution is 7.13. The van der Waals surface area contributed by atoms with Crippen molar-refractivity contribution in [2.24, 2.45) is 0 Å². The smallest absolute Gasteiger partial charge is 0.305 e. The summed E-state index contributed by atoms with van der Waals surface area (Å²) in [6.45, 7) is 0. The van der Waals surface area contributed by atoms with Crippen LogP contribution in [0.15, 0.2) is 29.9 Å². The molecule has 0 saturated heterocycles. The van der Waals surface area contributed by atoms with Crippen molar-refractivity contribution in [1.29, 1.82) is 0 Å². The highest BCUT2D eigenvalue weighted by atomic mass is 32.1. The molecule has 0 aromatic carbocycles. The summed E-state index contributed by atoms with van der Waals surface area (Å²) in [5.41, 5.74) is 1.34. The Bertz CT molecular complexity index is 613. The van der Waals surface area contributed by atoms with Gasteiger partial charge in [-0.3, -0.25) is 19.9 Å². The number of rotatable bonds is 6. The van der Waals surface area contributed by atoms with E-state index >= 15 is 0 Å². The predicted molar refractivity (Wildman–Crippen MR) is 79.3 cm³/mol. The maximum atomic E-state index is 11.9. The van der Waals surface area contributed by atoms with Gasteiger partial charge in [-0.05, 0) is 25.0 Å². The summed E-state index contributed by atoms with van der Waals surface area (Å²) < 4.78 is 4.58. The zero-order valence-corrected chi connectivity index (χ0v) is 12.4. The number of methoxy groups -OCH3 is 1. The molecular weight excluding hydrogens is 290 g/mol. The molecule has 0 aliphatic heterocycles. The van der Waals surface area contributed by atoms with Gasteiger partial charge in [0.2, 0.25) is 0 Å². The minimum atomic E-state index is -0.237. The Morgan fingerprint density at radius 1 is 1.43 bits per heavy atom. The summed E-state index contributed by atoms with van der Waals surface area (Å²) >= 11 is 1.36. The van der Waals surface area contributed by atoms with E-state index in [1.165, 1.54) is 24.6 Å². The lowest BCUT2D eigenvalue weighted by Crippen LogP contribution is -2.11. The molecule has 2 aromatic heterocycles. The quantitative estimate of drug-likeness (QED) is 0.828. The summed E-state index contributed by atoms with van der Waals surface area (Å²) in [4.78, 5) is 31.1. The van der Waals surface area contributed by atoms with Gasteiger partial charge in [0, 0.05) is 24.2 Å². The van der Waals surface area contributed by atoms with Crippen LogP contribution in [0, 0.1) is 0 Å². The Morgan fingerprint density at radius 3 is 3.00 bits per heavy atom. The van der Waals surface area contributed by atoms with Gasteiger partial charge in [-0.1, -0.05) is 0 Å². The van der Waals surface area contributed by atoms with Crippen LogP contribution in [-0.4, -0.2) is 29.0 Å². The van der Waals surface area contributed by atoms with Crippen molar-refractivity contribution in [2.75, 3.05) is 12.4 Å². The molecule has 0 aliphatic rings. The fourth-order valence-electron chi connectivity index (χ4n) is 1.66. The Balaban J connectivity index is 1.85. The number of aromatic nitrogens is 2. The SMILES string of the molecule is COC(=O)CCCc1csc(NC(=O)c2cccnc2)n1. The van der Waals surface area contributed by atoms with Crippen LogP contribution in [0.1, 0.15) is 28.9 Å². The Hall–Kier alpha value is -2.28. The minimum Gasteiger partial charge on any atom is -0.469 e. The highest BCUT2D eigenvalue weighted by Gasteiger charge is 2.09. The summed E-state index contributed by atoms with van der Waals surface area (Å²) in [7, 11) is 1.37. The molecule has 21 heavy (non-hydrogen) atoms. The molecule has 0 fully saturated rings. The highest BCUT2D eigenvalue weighted by Crippen LogP contribution is 2.17. The van der Waals surface area contributed by atoms with Crippen LogP contribution in [0.5, 0.6) is 0 Å². The first-order valence-corrected chi connectivity index (χ1v) is 7.29. The first-order valence-electron chi connectivity index (χ1n) is 6.41. The van der Waals surface area contributed by atoms with Gasteiger partial charge < -0.3 is 4.74 Å². The molecule has 2 rings (SSSR count). The van der Waals surface area contributed by atoms with Gasteiger partial charge in [0.1, 0.15) is 0 Å². The molecule has 2 heterocycles. The second-order valence-electron chi connectivity index (χ2n) is 4.27. The van der Waals surface area contributed by atoms with Crippen molar-refractivity contribution in [1.82, 2.24) is 9.97 Å². The van der Waals surface area contributed by atoms with Crippen molar-refractivity contribution in [3.63, 3.8) is 0 Å². The lowest BCUT2D eigenvalue weighted by molar-refractivity contribution is -0.140. The summed E-state index contributed by atoms with van der Waals surface area (Å²) in [5.74, 6) is -0.464. The number of amides is 1. The third kappa shape index (κ3) is 4.64. The molecule has 0 atom stereocenters. The number of ether oxygens (including phenoxy) is 1. The topological polar surface area (TPSA) is 81.2 Å². The van der Waals surface area contributed by atoms with E-state index in [4.69, 9.17) is 0 Å². The molecular formula is C14H15N3O3S. The van der Waals surface area contributed by atoms with Gasteiger partial charge in [-0.15, -0.1) is 11.3 Å². The van der Waals surface area contributed by atoms with Crippen molar-refractivity contribution in [3.05, 3.63) is 41.2 Å². The number of carbonyl (C=O) groups excluding carboxylic acids is 2. The number of hydrogen-bond donors (Lipinski definition) is 1. The van der Waals surface area contributed by atoms with Gasteiger partial charge in [0.15, 0.2) is 5.13 Å². The van der Waals surface area contributed by atoms with E-state index in [0.717, 1.165) is 5.69 Å². The molecule has 0 unspecified atom stereocenters. The van der Waals surface area contributed by atoms with Crippen LogP contribution in [-0.2, 0) is 16.0 Å². The van der Waals surface area contributed by atoms with Crippen LogP contribution >= 0.6 is 11.3 Å². The Kier molecular flexibility index (Phi) is 5.39. The summed E-state index contributed by atoms with van der Waals surface area (Å²) in [5, 5.41) is 5.14. The van der Waals surface area contributed by atoms with E-state index in [1.807, 2.05) is 5.38 Å². The molecule has 0 aliphatic carbocycles. The van der Waals surface area contributed by atoms with Crippen LogP contribution in [0.25, 0.3) is 0 Å². The van der Waals surface area contributed by atoms with Crippen molar-refractivity contribution < 1.29 is 14.3 Å². The molecule has 0 spiro atoms. The van der Waals surface area contributed by atoms with Crippen molar-refractivity contribution >= 4 is 28.3 Å². The normalized spacial score (nSPS) is 10.1. The van der Waals surface area contributed by atoms with Crippen molar-refractivity contribution in [3.8, 4) is 0 Å². The molecule has 1 amide bonds. The lowest BCUT2D eigenvalue weighted by atomic mass is 10.2. The minimum absolute atomic E-state index is 0.227. The van der Waals surface area contributed by atoms with E-state index in [-0.39, 0.29) is 11.9 Å². The van der Waals surface area contributed by atoms with Gasteiger partial charge in [0.05, 0.1) is 18.4 Å². The summed E-state index contributed by atoms with van der Waals surface area (Å²) in [6.07, 6.45) is 4.83. The molecule has 0 saturated carbocycles. The van der Waals surface area contributed by atoms with E-state index in [0.29, 0.717) is 30.0 Å². The molecule has 0 bridgehead atoms. The third-order valence-corrected chi connectivity index (χ3v) is 3.54. The summed E-state index contributed by atoms with van der Waals surface area (Å²) in [6, 6.07) is 3.39. The van der Waals surface area contributed by atoms with Crippen LogP contribution in [0.4, 0.5) is 5.13 Å². The second-order valence-corrected chi connectivity index (χ2v) is 5.13. The van der Waals surface area contributed by atoms with Crippen molar-refractivity contribution in [2.45, 2.75) is 19.3 Å². The van der Waals surface area contributed by atoms with E-state index in [2.05, 4.69) is 20.0 Å². The number of thiazole rings is 1. The first-order chi connectivity index (χ1) is 10.2. The number of nitrogens with one attached hydrogen (secondary N) is 1. The number of aryl methyl sites for hydroxylation is 1.